The molecule has 2 aromatic heterocycles. The Balaban J connectivity index is 1.66. The summed E-state index contributed by atoms with van der Waals surface area (Å²) < 4.78 is 0. The maximum atomic E-state index is 5.69. The summed E-state index contributed by atoms with van der Waals surface area (Å²) in [4.78, 5) is 15.7. The van der Waals surface area contributed by atoms with E-state index < -0.39 is 0 Å². The quantitative estimate of drug-likeness (QED) is 0.732. The van der Waals surface area contributed by atoms with Crippen molar-refractivity contribution in [3.8, 4) is 0 Å². The molecule has 0 unspecified atom stereocenters. The molecule has 1 atom stereocenters. The SMILES string of the molecule is C[C@H](Nc1nc(CCN)nc2ccccc12)c1nc2c(s1)CCCC2. The van der Waals surface area contributed by atoms with Crippen LogP contribution in [-0.4, -0.2) is 21.5 Å². The molecule has 4 rings (SSSR count). The number of anilines is 1. The van der Waals surface area contributed by atoms with Crippen LogP contribution in [-0.2, 0) is 19.3 Å². The molecule has 0 spiro atoms. The summed E-state index contributed by atoms with van der Waals surface area (Å²) in [6, 6.07) is 8.23. The van der Waals surface area contributed by atoms with Crippen molar-refractivity contribution in [1.82, 2.24) is 15.0 Å². The van der Waals surface area contributed by atoms with Gasteiger partial charge in [-0.3, -0.25) is 0 Å². The lowest BCUT2D eigenvalue weighted by atomic mass is 10.0. The number of benzene rings is 1. The molecule has 0 amide bonds. The van der Waals surface area contributed by atoms with Crippen molar-refractivity contribution in [3.05, 3.63) is 45.7 Å². The second-order valence-corrected chi connectivity index (χ2v) is 7.65. The number of aryl methyl sites for hydroxylation is 2. The molecule has 0 radical (unpaired) electrons. The first-order chi connectivity index (χ1) is 12.2. The van der Waals surface area contributed by atoms with E-state index in [9.17, 15) is 0 Å². The summed E-state index contributed by atoms with van der Waals surface area (Å²) in [5.74, 6) is 1.66. The van der Waals surface area contributed by atoms with E-state index in [1.165, 1.54) is 29.8 Å². The van der Waals surface area contributed by atoms with E-state index in [4.69, 9.17) is 15.7 Å². The molecule has 0 aliphatic heterocycles. The molecule has 3 aromatic rings. The lowest BCUT2D eigenvalue weighted by Crippen LogP contribution is -2.12. The summed E-state index contributed by atoms with van der Waals surface area (Å²) in [5, 5.41) is 5.75. The molecule has 0 saturated carbocycles. The Morgan fingerprint density at radius 1 is 1.16 bits per heavy atom. The van der Waals surface area contributed by atoms with E-state index >= 15 is 0 Å². The van der Waals surface area contributed by atoms with E-state index in [0.717, 1.165) is 34.0 Å². The number of para-hydroxylation sites is 1. The van der Waals surface area contributed by atoms with Crippen LogP contribution in [0.2, 0.25) is 0 Å². The average Bonchev–Trinajstić information content (AvgIpc) is 3.06. The number of thiazole rings is 1. The minimum absolute atomic E-state index is 0.125. The Hall–Kier alpha value is -2.05. The summed E-state index contributed by atoms with van der Waals surface area (Å²) >= 11 is 1.85. The fourth-order valence-corrected chi connectivity index (χ4v) is 4.46. The van der Waals surface area contributed by atoms with Crippen LogP contribution in [0.25, 0.3) is 10.9 Å². The molecule has 25 heavy (non-hydrogen) atoms. The van der Waals surface area contributed by atoms with E-state index in [1.54, 1.807) is 0 Å². The Kier molecular flexibility index (Phi) is 4.63. The Morgan fingerprint density at radius 2 is 2.00 bits per heavy atom. The van der Waals surface area contributed by atoms with Crippen molar-refractivity contribution < 1.29 is 0 Å². The lowest BCUT2D eigenvalue weighted by Gasteiger charge is -2.15. The van der Waals surface area contributed by atoms with E-state index in [2.05, 4.69) is 23.3 Å². The summed E-state index contributed by atoms with van der Waals surface area (Å²) in [7, 11) is 0. The van der Waals surface area contributed by atoms with Gasteiger partial charge in [0.15, 0.2) is 0 Å². The van der Waals surface area contributed by atoms with Crippen molar-refractivity contribution in [2.45, 2.75) is 45.1 Å². The molecule has 0 saturated heterocycles. The molecule has 6 heteroatoms. The molecule has 1 aromatic carbocycles. The van der Waals surface area contributed by atoms with Crippen LogP contribution in [0.15, 0.2) is 24.3 Å². The number of nitrogens with one attached hydrogen (secondary N) is 1. The molecule has 0 fully saturated rings. The first kappa shape index (κ1) is 16.4. The van der Waals surface area contributed by atoms with Gasteiger partial charge < -0.3 is 11.1 Å². The topological polar surface area (TPSA) is 76.7 Å². The highest BCUT2D eigenvalue weighted by Crippen LogP contribution is 2.32. The van der Waals surface area contributed by atoms with Gasteiger partial charge in [-0.1, -0.05) is 12.1 Å². The van der Waals surface area contributed by atoms with Gasteiger partial charge in [-0.25, -0.2) is 15.0 Å². The van der Waals surface area contributed by atoms with Crippen LogP contribution in [0.4, 0.5) is 5.82 Å². The molecule has 3 N–H and O–H groups in total. The zero-order valence-corrected chi connectivity index (χ0v) is 15.3. The molecule has 5 nitrogen and oxygen atoms in total. The minimum Gasteiger partial charge on any atom is -0.360 e. The second kappa shape index (κ2) is 7.06. The summed E-state index contributed by atoms with van der Waals surface area (Å²) in [6.07, 6.45) is 5.53. The molecule has 1 aliphatic carbocycles. The number of aromatic nitrogens is 3. The van der Waals surface area contributed by atoms with Crippen LogP contribution < -0.4 is 11.1 Å². The van der Waals surface area contributed by atoms with E-state index in [-0.39, 0.29) is 6.04 Å². The van der Waals surface area contributed by atoms with Crippen LogP contribution in [0.5, 0.6) is 0 Å². The molecule has 1 aliphatic rings. The fraction of sp³-hybridized carbons (Fsp3) is 0.421. The predicted octanol–water partition coefficient (Wildman–Crippen LogP) is 3.64. The largest absolute Gasteiger partial charge is 0.360 e. The predicted molar refractivity (Wildman–Crippen MR) is 103 cm³/mol. The standard InChI is InChI=1S/C19H23N5S/c1-12(19-23-15-8-4-5-9-16(15)25-19)21-18-13-6-2-3-7-14(13)22-17(24-18)10-11-20/h2-3,6-7,12H,4-5,8-11,20H2,1H3,(H,21,22,24)/t12-/m0/s1. The van der Waals surface area contributed by atoms with Crippen molar-refractivity contribution in [3.63, 3.8) is 0 Å². The molecular formula is C19H23N5S. The highest BCUT2D eigenvalue weighted by atomic mass is 32.1. The number of nitrogens with zero attached hydrogens (tertiary/aromatic N) is 3. The van der Waals surface area contributed by atoms with Crippen LogP contribution >= 0.6 is 11.3 Å². The third kappa shape index (κ3) is 3.37. The number of nitrogens with two attached hydrogens (primary N) is 1. The first-order valence-corrected chi connectivity index (χ1v) is 9.77. The number of fused-ring (bicyclic) bond motifs is 2. The minimum atomic E-state index is 0.125. The van der Waals surface area contributed by atoms with Gasteiger partial charge in [0.2, 0.25) is 0 Å². The van der Waals surface area contributed by atoms with Gasteiger partial charge in [-0.05, 0) is 51.3 Å². The maximum absolute atomic E-state index is 5.69. The molecule has 2 heterocycles. The van der Waals surface area contributed by atoms with Crippen molar-refractivity contribution in [1.29, 1.82) is 0 Å². The smallest absolute Gasteiger partial charge is 0.138 e. The molecule has 130 valence electrons. The summed E-state index contributed by atoms with van der Waals surface area (Å²) in [6.45, 7) is 2.70. The molecular weight excluding hydrogens is 330 g/mol. The highest BCUT2D eigenvalue weighted by Gasteiger charge is 2.19. The number of hydrogen-bond donors (Lipinski definition) is 2. The van der Waals surface area contributed by atoms with Gasteiger partial charge in [0, 0.05) is 16.7 Å². The van der Waals surface area contributed by atoms with Crippen molar-refractivity contribution >= 4 is 28.1 Å². The van der Waals surface area contributed by atoms with E-state index in [0.29, 0.717) is 13.0 Å². The fourth-order valence-electron chi connectivity index (χ4n) is 3.30. The first-order valence-electron chi connectivity index (χ1n) is 8.95. The molecule has 0 bridgehead atoms. The normalized spacial score (nSPS) is 15.1. The Labute approximate surface area is 151 Å². The van der Waals surface area contributed by atoms with Gasteiger partial charge in [0.1, 0.15) is 16.6 Å². The zero-order valence-electron chi connectivity index (χ0n) is 14.5. The Morgan fingerprint density at radius 3 is 2.84 bits per heavy atom. The number of hydrogen-bond acceptors (Lipinski definition) is 6. The average molecular weight is 353 g/mol. The lowest BCUT2D eigenvalue weighted by molar-refractivity contribution is 0.678. The van der Waals surface area contributed by atoms with Crippen LogP contribution in [0, 0.1) is 0 Å². The van der Waals surface area contributed by atoms with Gasteiger partial charge in [0.05, 0.1) is 17.3 Å². The highest BCUT2D eigenvalue weighted by molar-refractivity contribution is 7.11. The van der Waals surface area contributed by atoms with Gasteiger partial charge in [-0.15, -0.1) is 11.3 Å². The van der Waals surface area contributed by atoms with E-state index in [1.807, 2.05) is 29.5 Å². The van der Waals surface area contributed by atoms with Gasteiger partial charge in [0.25, 0.3) is 0 Å². The zero-order chi connectivity index (χ0) is 17.2. The van der Waals surface area contributed by atoms with Gasteiger partial charge >= 0.3 is 0 Å². The van der Waals surface area contributed by atoms with Crippen molar-refractivity contribution in [2.75, 3.05) is 11.9 Å². The second-order valence-electron chi connectivity index (χ2n) is 6.54. The number of rotatable bonds is 5. The van der Waals surface area contributed by atoms with Crippen LogP contribution in [0.1, 0.15) is 47.2 Å². The van der Waals surface area contributed by atoms with Gasteiger partial charge in [-0.2, -0.15) is 0 Å². The Bertz CT molecular complexity index is 865. The third-order valence-electron chi connectivity index (χ3n) is 4.60. The maximum Gasteiger partial charge on any atom is 0.138 e. The summed E-state index contributed by atoms with van der Waals surface area (Å²) in [5.41, 5.74) is 7.95. The van der Waals surface area contributed by atoms with Crippen molar-refractivity contribution in [2.24, 2.45) is 5.73 Å². The third-order valence-corrected chi connectivity index (χ3v) is 5.94. The van der Waals surface area contributed by atoms with Crippen LogP contribution in [0.3, 0.4) is 0 Å². The monoisotopic (exact) mass is 353 g/mol.